The first-order valence-electron chi connectivity index (χ1n) is 6.38. The molecule has 0 bridgehead atoms. The van der Waals surface area contributed by atoms with E-state index in [0.29, 0.717) is 12.2 Å². The molecule has 0 amide bonds. The average molecular weight is 283 g/mol. The minimum Gasteiger partial charge on any atom is -0.375 e. The highest BCUT2D eigenvalue weighted by Crippen LogP contribution is 2.31. The molecule has 0 aliphatic heterocycles. The molecule has 7 heteroatoms. The van der Waals surface area contributed by atoms with Gasteiger partial charge in [0, 0.05) is 30.7 Å². The summed E-state index contributed by atoms with van der Waals surface area (Å²) >= 11 is 0. The number of aromatic nitrogens is 3. The van der Waals surface area contributed by atoms with Gasteiger partial charge in [-0.2, -0.15) is 5.10 Å². The molecule has 1 N–H and O–H groups in total. The monoisotopic (exact) mass is 283 g/mol. The van der Waals surface area contributed by atoms with Gasteiger partial charge in [0.25, 0.3) is 0 Å². The van der Waals surface area contributed by atoms with Crippen molar-refractivity contribution in [1.82, 2.24) is 14.8 Å². The molecule has 0 spiro atoms. The number of pyridine rings is 1. The Bertz CT molecular complexity index is 812. The third-order valence-corrected chi connectivity index (χ3v) is 3.18. The van der Waals surface area contributed by atoms with E-state index in [1.54, 1.807) is 10.9 Å². The van der Waals surface area contributed by atoms with E-state index in [1.807, 2.05) is 37.5 Å². The van der Waals surface area contributed by atoms with E-state index in [9.17, 15) is 10.1 Å². The molecule has 2 heterocycles. The number of benzene rings is 1. The summed E-state index contributed by atoms with van der Waals surface area (Å²) in [7, 11) is 1.83. The summed E-state index contributed by atoms with van der Waals surface area (Å²) in [6, 6.07) is 7.34. The van der Waals surface area contributed by atoms with Crippen LogP contribution in [-0.2, 0) is 13.6 Å². The van der Waals surface area contributed by atoms with E-state index < -0.39 is 4.92 Å². The highest BCUT2D eigenvalue weighted by atomic mass is 16.6. The number of nitrogens with zero attached hydrogens (tertiary/aromatic N) is 4. The molecule has 0 saturated heterocycles. The topological polar surface area (TPSA) is 85.9 Å². The molecule has 0 saturated carbocycles. The standard InChI is InChI=1S/C14H13N5O2/c1-18-9-10(7-17-18)6-16-14-11-4-2-3-5-12(11)15-8-13(14)19(20)21/h2-5,7-9H,6H2,1H3,(H,15,16). The van der Waals surface area contributed by atoms with Crippen molar-refractivity contribution < 1.29 is 4.92 Å². The van der Waals surface area contributed by atoms with E-state index in [-0.39, 0.29) is 5.69 Å². The fourth-order valence-corrected chi connectivity index (χ4v) is 2.21. The van der Waals surface area contributed by atoms with Gasteiger partial charge in [0.15, 0.2) is 0 Å². The fourth-order valence-electron chi connectivity index (χ4n) is 2.21. The van der Waals surface area contributed by atoms with Crippen molar-refractivity contribution in [3.63, 3.8) is 0 Å². The zero-order valence-electron chi connectivity index (χ0n) is 11.4. The molecule has 7 nitrogen and oxygen atoms in total. The second kappa shape index (κ2) is 5.20. The van der Waals surface area contributed by atoms with E-state index in [1.165, 1.54) is 6.20 Å². The van der Waals surface area contributed by atoms with Gasteiger partial charge in [-0.05, 0) is 6.07 Å². The summed E-state index contributed by atoms with van der Waals surface area (Å²) in [5.74, 6) is 0. The predicted molar refractivity (Wildman–Crippen MR) is 78.9 cm³/mol. The molecular weight excluding hydrogens is 270 g/mol. The Balaban J connectivity index is 2.01. The predicted octanol–water partition coefficient (Wildman–Crippen LogP) is 2.49. The zero-order chi connectivity index (χ0) is 14.8. The summed E-state index contributed by atoms with van der Waals surface area (Å²) in [4.78, 5) is 14.9. The van der Waals surface area contributed by atoms with Crippen LogP contribution in [0.15, 0.2) is 42.9 Å². The van der Waals surface area contributed by atoms with Crippen LogP contribution in [-0.4, -0.2) is 19.7 Å². The highest BCUT2D eigenvalue weighted by Gasteiger charge is 2.17. The molecule has 106 valence electrons. The molecule has 0 aliphatic carbocycles. The Morgan fingerprint density at radius 1 is 1.33 bits per heavy atom. The Kier molecular flexibility index (Phi) is 3.23. The maximum atomic E-state index is 11.2. The molecule has 2 aromatic heterocycles. The lowest BCUT2D eigenvalue weighted by molar-refractivity contribution is -0.384. The van der Waals surface area contributed by atoms with Gasteiger partial charge >= 0.3 is 5.69 Å². The van der Waals surface area contributed by atoms with E-state index in [2.05, 4.69) is 15.4 Å². The van der Waals surface area contributed by atoms with Crippen LogP contribution in [0.2, 0.25) is 0 Å². The van der Waals surface area contributed by atoms with Gasteiger partial charge in [0.1, 0.15) is 11.9 Å². The van der Waals surface area contributed by atoms with Gasteiger partial charge in [-0.3, -0.25) is 14.8 Å². The Labute approximate surface area is 120 Å². The molecule has 0 aliphatic rings. The first-order chi connectivity index (χ1) is 10.1. The lowest BCUT2D eigenvalue weighted by Gasteiger charge is -2.09. The third kappa shape index (κ3) is 2.53. The van der Waals surface area contributed by atoms with Crippen LogP contribution in [0, 0.1) is 10.1 Å². The fraction of sp³-hybridized carbons (Fsp3) is 0.143. The van der Waals surface area contributed by atoms with Crippen LogP contribution in [0.3, 0.4) is 0 Å². The van der Waals surface area contributed by atoms with Crippen molar-refractivity contribution in [2.24, 2.45) is 7.05 Å². The first kappa shape index (κ1) is 13.0. The van der Waals surface area contributed by atoms with Crippen molar-refractivity contribution in [2.45, 2.75) is 6.54 Å². The summed E-state index contributed by atoms with van der Waals surface area (Å²) in [6.07, 6.45) is 4.87. The maximum absolute atomic E-state index is 11.2. The molecule has 1 aromatic carbocycles. The summed E-state index contributed by atoms with van der Waals surface area (Å²) < 4.78 is 1.69. The SMILES string of the molecule is Cn1cc(CNc2c([N+](=O)[O-])cnc3ccccc23)cn1. The second-order valence-electron chi connectivity index (χ2n) is 4.67. The number of fused-ring (bicyclic) bond motifs is 1. The minimum atomic E-state index is -0.426. The Hall–Kier alpha value is -2.96. The van der Waals surface area contributed by atoms with Crippen LogP contribution < -0.4 is 5.32 Å². The van der Waals surface area contributed by atoms with Gasteiger partial charge in [0.2, 0.25) is 0 Å². The Morgan fingerprint density at radius 3 is 2.86 bits per heavy atom. The van der Waals surface area contributed by atoms with Gasteiger partial charge in [0.05, 0.1) is 16.6 Å². The van der Waals surface area contributed by atoms with E-state index in [0.717, 1.165) is 16.5 Å². The molecule has 3 rings (SSSR count). The molecule has 0 atom stereocenters. The van der Waals surface area contributed by atoms with Gasteiger partial charge in [-0.15, -0.1) is 0 Å². The molecular formula is C14H13N5O2. The number of rotatable bonds is 4. The van der Waals surface area contributed by atoms with E-state index >= 15 is 0 Å². The van der Waals surface area contributed by atoms with E-state index in [4.69, 9.17) is 0 Å². The molecule has 3 aromatic rings. The van der Waals surface area contributed by atoms with Gasteiger partial charge < -0.3 is 5.32 Å². The van der Waals surface area contributed by atoms with Crippen molar-refractivity contribution in [3.8, 4) is 0 Å². The summed E-state index contributed by atoms with van der Waals surface area (Å²) in [5.41, 5.74) is 2.12. The van der Waals surface area contributed by atoms with Crippen molar-refractivity contribution in [3.05, 3.63) is 58.5 Å². The first-order valence-corrected chi connectivity index (χ1v) is 6.38. The number of para-hydroxylation sites is 1. The number of hydrogen-bond donors (Lipinski definition) is 1. The van der Waals surface area contributed by atoms with Crippen molar-refractivity contribution in [2.75, 3.05) is 5.32 Å². The van der Waals surface area contributed by atoms with Crippen LogP contribution in [0.1, 0.15) is 5.56 Å². The third-order valence-electron chi connectivity index (χ3n) is 3.18. The number of hydrogen-bond acceptors (Lipinski definition) is 5. The number of nitrogens with one attached hydrogen (secondary N) is 1. The average Bonchev–Trinajstić information content (AvgIpc) is 2.90. The zero-order valence-corrected chi connectivity index (χ0v) is 11.4. The van der Waals surface area contributed by atoms with Crippen LogP contribution in [0.4, 0.5) is 11.4 Å². The number of anilines is 1. The van der Waals surface area contributed by atoms with Gasteiger partial charge in [-0.25, -0.2) is 4.98 Å². The van der Waals surface area contributed by atoms with Crippen molar-refractivity contribution >= 4 is 22.3 Å². The lowest BCUT2D eigenvalue weighted by atomic mass is 10.1. The van der Waals surface area contributed by atoms with Crippen LogP contribution in [0.5, 0.6) is 0 Å². The maximum Gasteiger partial charge on any atom is 0.311 e. The molecule has 0 unspecified atom stereocenters. The van der Waals surface area contributed by atoms with Crippen LogP contribution >= 0.6 is 0 Å². The second-order valence-corrected chi connectivity index (χ2v) is 4.67. The Morgan fingerprint density at radius 2 is 2.14 bits per heavy atom. The number of aryl methyl sites for hydroxylation is 1. The van der Waals surface area contributed by atoms with Crippen molar-refractivity contribution in [1.29, 1.82) is 0 Å². The number of nitro groups is 1. The highest BCUT2D eigenvalue weighted by molar-refractivity contribution is 5.95. The largest absolute Gasteiger partial charge is 0.375 e. The lowest BCUT2D eigenvalue weighted by Crippen LogP contribution is -2.03. The molecule has 0 radical (unpaired) electrons. The van der Waals surface area contributed by atoms with Crippen LogP contribution in [0.25, 0.3) is 10.9 Å². The minimum absolute atomic E-state index is 0.0300. The summed E-state index contributed by atoms with van der Waals surface area (Å²) in [6.45, 7) is 0.461. The molecule has 21 heavy (non-hydrogen) atoms. The smallest absolute Gasteiger partial charge is 0.311 e. The van der Waals surface area contributed by atoms with Gasteiger partial charge in [-0.1, -0.05) is 18.2 Å². The molecule has 0 fully saturated rings. The summed E-state index contributed by atoms with van der Waals surface area (Å²) in [5, 5.41) is 19.1. The normalized spacial score (nSPS) is 10.7. The quantitative estimate of drug-likeness (QED) is 0.587.